The number of rotatable bonds is 4. The predicted octanol–water partition coefficient (Wildman–Crippen LogP) is 3.81. The van der Waals surface area contributed by atoms with Crippen LogP contribution in [-0.4, -0.2) is 26.8 Å². The Morgan fingerprint density at radius 3 is 2.62 bits per heavy atom. The topological polar surface area (TPSA) is 55.1 Å². The van der Waals surface area contributed by atoms with Gasteiger partial charge in [-0.25, -0.2) is 9.78 Å². The Labute approximate surface area is 119 Å². The van der Waals surface area contributed by atoms with Crippen molar-refractivity contribution in [1.29, 1.82) is 0 Å². The van der Waals surface area contributed by atoms with E-state index in [1.807, 2.05) is 0 Å². The lowest BCUT2D eigenvalue weighted by Gasteiger charge is -2.19. The quantitative estimate of drug-likeness (QED) is 0.934. The van der Waals surface area contributed by atoms with Crippen LogP contribution in [0.25, 0.3) is 11.0 Å². The first-order valence-corrected chi connectivity index (χ1v) is 6.54. The SMILES string of the molecule is CCc1nc2ccc(C(=O)O)cc2n1C(C)CC(F)(F)F. The maximum atomic E-state index is 12.6. The van der Waals surface area contributed by atoms with Crippen LogP contribution >= 0.6 is 0 Å². The number of carbonyl (C=O) groups is 1. The van der Waals surface area contributed by atoms with E-state index in [2.05, 4.69) is 4.98 Å². The molecule has 0 saturated carbocycles. The number of alkyl halides is 3. The number of nitrogens with zero attached hydrogens (tertiary/aromatic N) is 2. The number of imidazole rings is 1. The highest BCUT2D eigenvalue weighted by Gasteiger charge is 2.32. The second kappa shape index (κ2) is 5.38. The third-order valence-corrected chi connectivity index (χ3v) is 3.29. The second-order valence-electron chi connectivity index (χ2n) is 4.93. The minimum atomic E-state index is -4.29. The van der Waals surface area contributed by atoms with Crippen LogP contribution < -0.4 is 0 Å². The summed E-state index contributed by atoms with van der Waals surface area (Å²) in [5, 5.41) is 9.01. The van der Waals surface area contributed by atoms with Gasteiger partial charge in [0.25, 0.3) is 0 Å². The van der Waals surface area contributed by atoms with E-state index in [0.29, 0.717) is 23.3 Å². The molecule has 1 heterocycles. The predicted molar refractivity (Wildman–Crippen MR) is 71.5 cm³/mol. The first-order chi connectivity index (χ1) is 9.73. The molecule has 0 amide bonds. The van der Waals surface area contributed by atoms with Gasteiger partial charge in [0, 0.05) is 12.5 Å². The summed E-state index contributed by atoms with van der Waals surface area (Å²) in [4.78, 5) is 15.3. The van der Waals surface area contributed by atoms with Crippen LogP contribution in [0.15, 0.2) is 18.2 Å². The van der Waals surface area contributed by atoms with Gasteiger partial charge in [-0.3, -0.25) is 0 Å². The Morgan fingerprint density at radius 2 is 2.10 bits per heavy atom. The highest BCUT2D eigenvalue weighted by atomic mass is 19.4. The van der Waals surface area contributed by atoms with Crippen LogP contribution in [0.4, 0.5) is 13.2 Å². The molecule has 0 aliphatic heterocycles. The molecule has 4 nitrogen and oxygen atoms in total. The minimum absolute atomic E-state index is 0.0329. The molecule has 0 aliphatic carbocycles. The van der Waals surface area contributed by atoms with Gasteiger partial charge in [-0.2, -0.15) is 13.2 Å². The Balaban J connectivity index is 2.58. The van der Waals surface area contributed by atoms with Crippen molar-refractivity contribution in [2.24, 2.45) is 0 Å². The lowest BCUT2D eigenvalue weighted by molar-refractivity contribution is -0.141. The Bertz CT molecular complexity index is 677. The van der Waals surface area contributed by atoms with Crippen molar-refractivity contribution in [3.8, 4) is 0 Å². The summed E-state index contributed by atoms with van der Waals surface area (Å²) in [7, 11) is 0. The zero-order valence-electron chi connectivity index (χ0n) is 11.6. The zero-order chi connectivity index (χ0) is 15.8. The van der Waals surface area contributed by atoms with Crippen LogP contribution in [0, 0.1) is 0 Å². The van der Waals surface area contributed by atoms with Gasteiger partial charge in [-0.05, 0) is 25.1 Å². The number of halogens is 3. The molecule has 2 aromatic rings. The van der Waals surface area contributed by atoms with Gasteiger partial charge in [-0.15, -0.1) is 0 Å². The van der Waals surface area contributed by atoms with Crippen molar-refractivity contribution in [3.63, 3.8) is 0 Å². The molecule has 1 N–H and O–H groups in total. The van der Waals surface area contributed by atoms with Crippen molar-refractivity contribution < 1.29 is 23.1 Å². The maximum absolute atomic E-state index is 12.6. The van der Waals surface area contributed by atoms with Crippen molar-refractivity contribution >= 4 is 17.0 Å². The summed E-state index contributed by atoms with van der Waals surface area (Å²) >= 11 is 0. The summed E-state index contributed by atoms with van der Waals surface area (Å²) < 4.78 is 39.3. The average Bonchev–Trinajstić information content (AvgIpc) is 2.73. The summed E-state index contributed by atoms with van der Waals surface area (Å²) in [5.41, 5.74) is 0.958. The molecule has 1 unspecified atom stereocenters. The van der Waals surface area contributed by atoms with E-state index in [4.69, 9.17) is 5.11 Å². The van der Waals surface area contributed by atoms with Crippen molar-refractivity contribution in [2.45, 2.75) is 38.9 Å². The summed E-state index contributed by atoms with van der Waals surface area (Å²) in [6.07, 6.45) is -4.80. The van der Waals surface area contributed by atoms with Gasteiger partial charge in [-0.1, -0.05) is 6.92 Å². The molecular formula is C14H15F3N2O2. The van der Waals surface area contributed by atoms with E-state index < -0.39 is 24.6 Å². The number of carboxylic acid groups (broad SMARTS) is 1. The molecule has 2 rings (SSSR count). The molecular weight excluding hydrogens is 285 g/mol. The number of aromatic carboxylic acids is 1. The normalized spacial score (nSPS) is 13.6. The van der Waals surface area contributed by atoms with Crippen LogP contribution in [0.2, 0.25) is 0 Å². The fraction of sp³-hybridized carbons (Fsp3) is 0.429. The Morgan fingerprint density at radius 1 is 1.43 bits per heavy atom. The van der Waals surface area contributed by atoms with E-state index in [-0.39, 0.29) is 5.56 Å². The number of fused-ring (bicyclic) bond motifs is 1. The van der Waals surface area contributed by atoms with Gasteiger partial charge < -0.3 is 9.67 Å². The number of aromatic nitrogens is 2. The first-order valence-electron chi connectivity index (χ1n) is 6.54. The largest absolute Gasteiger partial charge is 0.478 e. The van der Waals surface area contributed by atoms with E-state index in [1.54, 1.807) is 6.92 Å². The van der Waals surface area contributed by atoms with Crippen molar-refractivity contribution in [1.82, 2.24) is 9.55 Å². The standard InChI is InChI=1S/C14H15F3N2O2/c1-3-12-18-10-5-4-9(13(20)21)6-11(10)19(12)8(2)7-14(15,16)17/h4-6,8H,3,7H2,1-2H3,(H,20,21). The van der Waals surface area contributed by atoms with Gasteiger partial charge in [0.05, 0.1) is 23.0 Å². The summed E-state index contributed by atoms with van der Waals surface area (Å²) in [5.74, 6) is -0.601. The number of hydrogen-bond acceptors (Lipinski definition) is 2. The zero-order valence-corrected chi connectivity index (χ0v) is 11.6. The molecule has 0 spiro atoms. The van der Waals surface area contributed by atoms with Crippen LogP contribution in [0.5, 0.6) is 0 Å². The fourth-order valence-corrected chi connectivity index (χ4v) is 2.44. The molecule has 7 heteroatoms. The molecule has 0 bridgehead atoms. The third-order valence-electron chi connectivity index (χ3n) is 3.29. The lowest BCUT2D eigenvalue weighted by Crippen LogP contribution is -2.18. The summed E-state index contributed by atoms with van der Waals surface area (Å²) in [6, 6.07) is 3.45. The molecule has 0 aliphatic rings. The van der Waals surface area contributed by atoms with Crippen molar-refractivity contribution in [3.05, 3.63) is 29.6 Å². The molecule has 1 aromatic carbocycles. The van der Waals surface area contributed by atoms with Gasteiger partial charge in [0.15, 0.2) is 0 Å². The van der Waals surface area contributed by atoms with Gasteiger partial charge >= 0.3 is 12.1 Å². The molecule has 0 fully saturated rings. The number of carboxylic acids is 1. The first kappa shape index (κ1) is 15.3. The highest BCUT2D eigenvalue weighted by molar-refractivity contribution is 5.92. The average molecular weight is 300 g/mol. The molecule has 1 atom stereocenters. The number of benzene rings is 1. The van der Waals surface area contributed by atoms with Crippen LogP contribution in [0.3, 0.4) is 0 Å². The molecule has 0 radical (unpaired) electrons. The van der Waals surface area contributed by atoms with E-state index in [1.165, 1.54) is 29.7 Å². The van der Waals surface area contributed by atoms with Gasteiger partial charge in [0.2, 0.25) is 0 Å². The Kier molecular flexibility index (Phi) is 3.93. The third kappa shape index (κ3) is 3.17. The van der Waals surface area contributed by atoms with E-state index >= 15 is 0 Å². The fourth-order valence-electron chi connectivity index (χ4n) is 2.44. The highest BCUT2D eigenvalue weighted by Crippen LogP contribution is 2.31. The number of hydrogen-bond donors (Lipinski definition) is 1. The number of aryl methyl sites for hydroxylation is 1. The Hall–Kier alpha value is -2.05. The van der Waals surface area contributed by atoms with Crippen LogP contribution in [0.1, 0.15) is 42.5 Å². The van der Waals surface area contributed by atoms with E-state index in [9.17, 15) is 18.0 Å². The minimum Gasteiger partial charge on any atom is -0.478 e. The molecule has 1 aromatic heterocycles. The molecule has 21 heavy (non-hydrogen) atoms. The smallest absolute Gasteiger partial charge is 0.391 e. The van der Waals surface area contributed by atoms with Gasteiger partial charge in [0.1, 0.15) is 5.82 Å². The maximum Gasteiger partial charge on any atom is 0.391 e. The molecule has 114 valence electrons. The monoisotopic (exact) mass is 300 g/mol. The van der Waals surface area contributed by atoms with E-state index in [0.717, 1.165) is 0 Å². The van der Waals surface area contributed by atoms with Crippen LogP contribution in [-0.2, 0) is 6.42 Å². The lowest BCUT2D eigenvalue weighted by atomic mass is 10.1. The summed E-state index contributed by atoms with van der Waals surface area (Å²) in [6.45, 7) is 3.26. The molecule has 0 saturated heterocycles. The second-order valence-corrected chi connectivity index (χ2v) is 4.93. The van der Waals surface area contributed by atoms with Crippen molar-refractivity contribution in [2.75, 3.05) is 0 Å².